The number of nitrogens with one attached hydrogen (secondary N) is 2. The van der Waals surface area contributed by atoms with Crippen molar-refractivity contribution in [2.24, 2.45) is 0 Å². The van der Waals surface area contributed by atoms with Crippen molar-refractivity contribution in [1.29, 1.82) is 0 Å². The van der Waals surface area contributed by atoms with Gasteiger partial charge < -0.3 is 10.1 Å². The summed E-state index contributed by atoms with van der Waals surface area (Å²) >= 11 is 0. The van der Waals surface area contributed by atoms with Gasteiger partial charge in [-0.15, -0.1) is 0 Å². The highest BCUT2D eigenvalue weighted by molar-refractivity contribution is 6.09. The van der Waals surface area contributed by atoms with Gasteiger partial charge in [0.05, 0.1) is 18.4 Å². The first-order chi connectivity index (χ1) is 10.1. The van der Waals surface area contributed by atoms with Crippen molar-refractivity contribution in [2.45, 2.75) is 0 Å². The van der Waals surface area contributed by atoms with Crippen LogP contribution >= 0.6 is 0 Å². The van der Waals surface area contributed by atoms with Crippen LogP contribution in [0.1, 0.15) is 10.4 Å². The zero-order valence-electron chi connectivity index (χ0n) is 11.2. The highest BCUT2D eigenvalue weighted by atomic mass is 19.1. The van der Waals surface area contributed by atoms with E-state index in [0.29, 0.717) is 5.69 Å². The number of carbonyl (C=O) groups excluding carboxylic acids is 2. The summed E-state index contributed by atoms with van der Waals surface area (Å²) in [4.78, 5) is 23.4. The van der Waals surface area contributed by atoms with Gasteiger partial charge in [-0.25, -0.2) is 9.18 Å². The van der Waals surface area contributed by atoms with Crippen LogP contribution in [-0.4, -0.2) is 19.1 Å². The first-order valence-electron chi connectivity index (χ1n) is 6.11. The first kappa shape index (κ1) is 14.5. The second-order valence-electron chi connectivity index (χ2n) is 4.10. The number of hydrogen-bond acceptors (Lipinski definition) is 3. The molecule has 2 N–H and O–H groups in total. The van der Waals surface area contributed by atoms with Crippen molar-refractivity contribution in [3.63, 3.8) is 0 Å². The van der Waals surface area contributed by atoms with Gasteiger partial charge in [-0.3, -0.25) is 10.1 Å². The number of anilines is 2. The van der Waals surface area contributed by atoms with Crippen LogP contribution in [0.25, 0.3) is 0 Å². The molecule has 0 bridgehead atoms. The predicted octanol–water partition coefficient (Wildman–Crippen LogP) is 3.26. The normalized spacial score (nSPS) is 9.81. The molecular formula is C15H13FN2O3. The SMILES string of the molecule is COC(=O)Nc1cccc(F)c1C(=O)Nc1ccccc1. The van der Waals surface area contributed by atoms with E-state index in [0.717, 1.165) is 6.07 Å². The second kappa shape index (κ2) is 6.51. The Morgan fingerprint density at radius 2 is 1.71 bits per heavy atom. The molecule has 21 heavy (non-hydrogen) atoms. The van der Waals surface area contributed by atoms with Crippen molar-refractivity contribution in [3.05, 3.63) is 59.9 Å². The number of halogens is 1. The van der Waals surface area contributed by atoms with Crippen molar-refractivity contribution < 1.29 is 18.7 Å². The number of carbonyl (C=O) groups is 2. The molecule has 0 aliphatic carbocycles. The van der Waals surface area contributed by atoms with Crippen LogP contribution in [0.4, 0.5) is 20.6 Å². The largest absolute Gasteiger partial charge is 0.453 e. The third kappa shape index (κ3) is 3.56. The molecule has 0 fully saturated rings. The Bertz CT molecular complexity index is 659. The van der Waals surface area contributed by atoms with Gasteiger partial charge in [-0.1, -0.05) is 24.3 Å². The summed E-state index contributed by atoms with van der Waals surface area (Å²) in [6.45, 7) is 0. The average molecular weight is 288 g/mol. The predicted molar refractivity (Wildman–Crippen MR) is 76.8 cm³/mol. The van der Waals surface area contributed by atoms with Gasteiger partial charge in [-0.05, 0) is 24.3 Å². The van der Waals surface area contributed by atoms with Crippen LogP contribution in [0.5, 0.6) is 0 Å². The Kier molecular flexibility index (Phi) is 4.50. The molecule has 5 nitrogen and oxygen atoms in total. The highest BCUT2D eigenvalue weighted by Crippen LogP contribution is 2.21. The Morgan fingerprint density at radius 3 is 2.38 bits per heavy atom. The molecule has 0 saturated carbocycles. The van der Waals surface area contributed by atoms with Gasteiger partial charge in [0, 0.05) is 5.69 Å². The maximum absolute atomic E-state index is 13.9. The zero-order chi connectivity index (χ0) is 15.2. The van der Waals surface area contributed by atoms with Crippen molar-refractivity contribution >= 4 is 23.4 Å². The maximum atomic E-state index is 13.9. The standard InChI is InChI=1S/C15H13FN2O3/c1-21-15(20)18-12-9-5-8-11(16)13(12)14(19)17-10-6-3-2-4-7-10/h2-9H,1H3,(H,17,19)(H,18,20). The van der Waals surface area contributed by atoms with Gasteiger partial charge in [0.15, 0.2) is 0 Å². The number of para-hydroxylation sites is 1. The molecule has 0 heterocycles. The summed E-state index contributed by atoms with van der Waals surface area (Å²) in [5, 5.41) is 4.87. The summed E-state index contributed by atoms with van der Waals surface area (Å²) in [7, 11) is 1.18. The molecule has 0 atom stereocenters. The van der Waals surface area contributed by atoms with Crippen LogP contribution < -0.4 is 10.6 Å². The fourth-order valence-electron chi connectivity index (χ4n) is 1.74. The first-order valence-corrected chi connectivity index (χ1v) is 6.11. The monoisotopic (exact) mass is 288 g/mol. The van der Waals surface area contributed by atoms with E-state index >= 15 is 0 Å². The van der Waals surface area contributed by atoms with Gasteiger partial charge in [0.25, 0.3) is 5.91 Å². The van der Waals surface area contributed by atoms with Crippen LogP contribution in [-0.2, 0) is 4.74 Å². The molecule has 2 rings (SSSR count). The zero-order valence-corrected chi connectivity index (χ0v) is 11.2. The number of rotatable bonds is 3. The van der Waals surface area contributed by atoms with Crippen molar-refractivity contribution in [3.8, 4) is 0 Å². The van der Waals surface area contributed by atoms with Crippen LogP contribution in [0.2, 0.25) is 0 Å². The molecule has 108 valence electrons. The van der Waals surface area contributed by atoms with E-state index in [-0.39, 0.29) is 11.3 Å². The fraction of sp³-hybridized carbons (Fsp3) is 0.0667. The molecule has 0 aliphatic heterocycles. The summed E-state index contributed by atoms with van der Waals surface area (Å²) in [6.07, 6.45) is -0.783. The Morgan fingerprint density at radius 1 is 1.00 bits per heavy atom. The van der Waals surface area contributed by atoms with Gasteiger partial charge in [0.2, 0.25) is 0 Å². The quantitative estimate of drug-likeness (QED) is 0.911. The lowest BCUT2D eigenvalue weighted by molar-refractivity contribution is 0.102. The van der Waals surface area contributed by atoms with Crippen LogP contribution in [0, 0.1) is 5.82 Å². The summed E-state index contributed by atoms with van der Waals surface area (Å²) in [6, 6.07) is 12.6. The molecule has 0 aromatic heterocycles. The van der Waals surface area contributed by atoms with E-state index in [1.807, 2.05) is 0 Å². The van der Waals surface area contributed by atoms with Gasteiger partial charge in [-0.2, -0.15) is 0 Å². The summed E-state index contributed by atoms with van der Waals surface area (Å²) in [5.74, 6) is -1.40. The Balaban J connectivity index is 2.29. The number of methoxy groups -OCH3 is 1. The van der Waals surface area contributed by atoms with Gasteiger partial charge in [0.1, 0.15) is 5.82 Å². The van der Waals surface area contributed by atoms with Crippen LogP contribution in [0.15, 0.2) is 48.5 Å². The molecule has 0 radical (unpaired) electrons. The van der Waals surface area contributed by atoms with E-state index in [1.54, 1.807) is 30.3 Å². The van der Waals surface area contributed by atoms with Gasteiger partial charge >= 0.3 is 6.09 Å². The molecular weight excluding hydrogens is 275 g/mol. The smallest absolute Gasteiger partial charge is 0.411 e. The maximum Gasteiger partial charge on any atom is 0.411 e. The molecule has 6 heteroatoms. The van der Waals surface area contributed by atoms with Crippen molar-refractivity contribution in [1.82, 2.24) is 0 Å². The molecule has 2 aromatic rings. The molecule has 2 aromatic carbocycles. The Hall–Kier alpha value is -2.89. The lowest BCUT2D eigenvalue weighted by atomic mass is 10.1. The average Bonchev–Trinajstić information content (AvgIpc) is 2.48. The Labute approximate surface area is 120 Å². The molecule has 2 amide bonds. The minimum Gasteiger partial charge on any atom is -0.453 e. The minimum absolute atomic E-state index is 0.0373. The second-order valence-corrected chi connectivity index (χ2v) is 4.10. The number of hydrogen-bond donors (Lipinski definition) is 2. The highest BCUT2D eigenvalue weighted by Gasteiger charge is 2.18. The lowest BCUT2D eigenvalue weighted by Crippen LogP contribution is -2.19. The number of benzene rings is 2. The molecule has 0 aliphatic rings. The van der Waals surface area contributed by atoms with E-state index in [1.165, 1.54) is 19.2 Å². The molecule has 0 saturated heterocycles. The number of ether oxygens (including phenoxy) is 1. The van der Waals surface area contributed by atoms with Crippen molar-refractivity contribution in [2.75, 3.05) is 17.7 Å². The number of amides is 2. The van der Waals surface area contributed by atoms with Crippen LogP contribution in [0.3, 0.4) is 0 Å². The lowest BCUT2D eigenvalue weighted by Gasteiger charge is -2.11. The topological polar surface area (TPSA) is 67.4 Å². The fourth-order valence-corrected chi connectivity index (χ4v) is 1.74. The third-order valence-corrected chi connectivity index (χ3v) is 2.69. The molecule has 0 unspecified atom stereocenters. The minimum atomic E-state index is -0.783. The molecule has 0 spiro atoms. The van der Waals surface area contributed by atoms with E-state index in [4.69, 9.17) is 0 Å². The summed E-state index contributed by atoms with van der Waals surface area (Å²) in [5.41, 5.74) is 0.303. The van der Waals surface area contributed by atoms with E-state index in [2.05, 4.69) is 15.4 Å². The third-order valence-electron chi connectivity index (χ3n) is 2.69. The van der Waals surface area contributed by atoms with E-state index in [9.17, 15) is 14.0 Å². The van der Waals surface area contributed by atoms with E-state index < -0.39 is 17.8 Å². The summed E-state index contributed by atoms with van der Waals surface area (Å²) < 4.78 is 18.3.